The molecule has 1 heterocycles. The van der Waals surface area contributed by atoms with Crippen molar-refractivity contribution in [2.45, 2.75) is 25.3 Å². The van der Waals surface area contributed by atoms with Gasteiger partial charge >= 0.3 is 0 Å². The highest BCUT2D eigenvalue weighted by molar-refractivity contribution is 8.00. The number of aryl methyl sites for hydroxylation is 1. The van der Waals surface area contributed by atoms with Crippen LogP contribution in [-0.2, 0) is 9.53 Å². The van der Waals surface area contributed by atoms with Crippen molar-refractivity contribution in [1.29, 1.82) is 0 Å². The molecule has 3 aromatic rings. The summed E-state index contributed by atoms with van der Waals surface area (Å²) in [6.45, 7) is 6.01. The van der Waals surface area contributed by atoms with Gasteiger partial charge in [0.2, 0.25) is 5.91 Å². The first-order chi connectivity index (χ1) is 13.7. The predicted molar refractivity (Wildman–Crippen MR) is 115 cm³/mol. The number of amides is 1. The molecule has 3 rings (SSSR count). The highest BCUT2D eigenvalue weighted by atomic mass is 32.2. The molecule has 28 heavy (non-hydrogen) atoms. The van der Waals surface area contributed by atoms with Crippen LogP contribution in [0.5, 0.6) is 0 Å². The Kier molecular flexibility index (Phi) is 7.39. The van der Waals surface area contributed by atoms with E-state index in [0.29, 0.717) is 31.3 Å². The number of nitrogens with zero attached hydrogens (tertiary/aromatic N) is 2. The summed E-state index contributed by atoms with van der Waals surface area (Å²) in [7, 11) is 0. The number of hydrogen-bond donors (Lipinski definition) is 1. The summed E-state index contributed by atoms with van der Waals surface area (Å²) >= 11 is 1.44. The van der Waals surface area contributed by atoms with E-state index in [1.54, 1.807) is 0 Å². The van der Waals surface area contributed by atoms with Gasteiger partial charge in [-0.25, -0.2) is 9.97 Å². The van der Waals surface area contributed by atoms with E-state index in [4.69, 9.17) is 14.7 Å². The van der Waals surface area contributed by atoms with Crippen molar-refractivity contribution in [3.63, 3.8) is 0 Å². The Balaban J connectivity index is 1.72. The van der Waals surface area contributed by atoms with Gasteiger partial charge in [-0.1, -0.05) is 59.8 Å². The van der Waals surface area contributed by atoms with Crippen molar-refractivity contribution in [2.24, 2.45) is 0 Å². The standard InChI is InChI=1S/C22H25N3O2S/c1-3-27-14-6-13-23-20(26)15-28-22-18-7-4-5-8-19(18)24-21(25-22)17-11-9-16(2)10-12-17/h4-5,7-12H,3,6,13-15H2,1-2H3,(H,23,26). The summed E-state index contributed by atoms with van der Waals surface area (Å²) in [5.74, 6) is 1.00. The van der Waals surface area contributed by atoms with Crippen LogP contribution in [0, 0.1) is 6.92 Å². The van der Waals surface area contributed by atoms with Crippen molar-refractivity contribution >= 4 is 28.6 Å². The lowest BCUT2D eigenvalue weighted by atomic mass is 10.1. The van der Waals surface area contributed by atoms with E-state index >= 15 is 0 Å². The second kappa shape index (κ2) is 10.2. The monoisotopic (exact) mass is 395 g/mol. The van der Waals surface area contributed by atoms with Gasteiger partial charge < -0.3 is 10.1 Å². The van der Waals surface area contributed by atoms with Crippen molar-refractivity contribution in [2.75, 3.05) is 25.5 Å². The molecule has 1 aromatic heterocycles. The number of carbonyl (C=O) groups is 1. The minimum Gasteiger partial charge on any atom is -0.382 e. The van der Waals surface area contributed by atoms with E-state index in [9.17, 15) is 4.79 Å². The first-order valence-corrected chi connectivity index (χ1v) is 10.5. The quantitative estimate of drug-likeness (QED) is 0.333. The molecule has 2 aromatic carbocycles. The Hall–Kier alpha value is -2.44. The molecule has 0 fully saturated rings. The average Bonchev–Trinajstić information content (AvgIpc) is 2.72. The number of thioether (sulfide) groups is 1. The van der Waals surface area contributed by atoms with Crippen LogP contribution in [0.25, 0.3) is 22.3 Å². The smallest absolute Gasteiger partial charge is 0.230 e. The summed E-state index contributed by atoms with van der Waals surface area (Å²) in [6, 6.07) is 16.1. The molecule has 0 spiro atoms. The number of ether oxygens (including phenoxy) is 1. The van der Waals surface area contributed by atoms with Crippen molar-refractivity contribution in [1.82, 2.24) is 15.3 Å². The summed E-state index contributed by atoms with van der Waals surface area (Å²) in [4.78, 5) is 21.6. The fraction of sp³-hybridized carbons (Fsp3) is 0.318. The Bertz CT molecular complexity index is 929. The second-order valence-corrected chi connectivity index (χ2v) is 7.39. The maximum atomic E-state index is 12.2. The topological polar surface area (TPSA) is 64.1 Å². The third-order valence-corrected chi connectivity index (χ3v) is 5.20. The zero-order chi connectivity index (χ0) is 19.8. The van der Waals surface area contributed by atoms with E-state index in [-0.39, 0.29) is 5.91 Å². The summed E-state index contributed by atoms with van der Waals surface area (Å²) in [5.41, 5.74) is 3.05. The fourth-order valence-corrected chi connectivity index (χ4v) is 3.57. The lowest BCUT2D eigenvalue weighted by molar-refractivity contribution is -0.118. The minimum absolute atomic E-state index is 0.000998. The number of hydrogen-bond acceptors (Lipinski definition) is 5. The summed E-state index contributed by atoms with van der Waals surface area (Å²) in [5, 5.41) is 4.72. The molecule has 0 aliphatic heterocycles. The maximum absolute atomic E-state index is 12.2. The van der Waals surface area contributed by atoms with Crippen LogP contribution in [-0.4, -0.2) is 41.4 Å². The normalized spacial score (nSPS) is 10.9. The number of nitrogens with one attached hydrogen (secondary N) is 1. The van der Waals surface area contributed by atoms with Gasteiger partial charge in [0.15, 0.2) is 5.82 Å². The molecule has 0 radical (unpaired) electrons. The minimum atomic E-state index is 0.000998. The molecule has 0 aliphatic rings. The molecule has 1 N–H and O–H groups in total. The summed E-state index contributed by atoms with van der Waals surface area (Å²) in [6.07, 6.45) is 0.818. The summed E-state index contributed by atoms with van der Waals surface area (Å²) < 4.78 is 5.28. The third kappa shape index (κ3) is 5.53. The van der Waals surface area contributed by atoms with Crippen LogP contribution < -0.4 is 5.32 Å². The first kappa shape index (κ1) is 20.3. The number of rotatable bonds is 9. The molecular formula is C22H25N3O2S. The molecule has 0 saturated carbocycles. The van der Waals surface area contributed by atoms with Gasteiger partial charge in [-0.3, -0.25) is 4.79 Å². The lowest BCUT2D eigenvalue weighted by Crippen LogP contribution is -2.26. The van der Waals surface area contributed by atoms with Crippen LogP contribution in [0.3, 0.4) is 0 Å². The van der Waals surface area contributed by atoms with Crippen LogP contribution in [0.15, 0.2) is 53.6 Å². The molecule has 0 bridgehead atoms. The molecule has 0 unspecified atom stereocenters. The zero-order valence-corrected chi connectivity index (χ0v) is 17.1. The van der Waals surface area contributed by atoms with E-state index in [0.717, 1.165) is 27.9 Å². The first-order valence-electron chi connectivity index (χ1n) is 9.48. The van der Waals surface area contributed by atoms with E-state index < -0.39 is 0 Å². The van der Waals surface area contributed by atoms with Gasteiger partial charge in [0.05, 0.1) is 11.3 Å². The van der Waals surface area contributed by atoms with Gasteiger partial charge in [-0.15, -0.1) is 0 Å². The molecule has 6 heteroatoms. The molecule has 0 aliphatic carbocycles. The third-order valence-electron chi connectivity index (χ3n) is 4.21. The average molecular weight is 396 g/mol. The molecular weight excluding hydrogens is 370 g/mol. The Morgan fingerprint density at radius 3 is 2.68 bits per heavy atom. The number of para-hydroxylation sites is 1. The SMILES string of the molecule is CCOCCCNC(=O)CSc1nc(-c2ccc(C)cc2)nc2ccccc12. The van der Waals surface area contributed by atoms with E-state index in [2.05, 4.69) is 24.4 Å². The maximum Gasteiger partial charge on any atom is 0.230 e. The molecule has 5 nitrogen and oxygen atoms in total. The largest absolute Gasteiger partial charge is 0.382 e. The van der Waals surface area contributed by atoms with Crippen molar-refractivity contribution in [3.8, 4) is 11.4 Å². The van der Waals surface area contributed by atoms with Crippen molar-refractivity contribution in [3.05, 3.63) is 54.1 Å². The number of aromatic nitrogens is 2. The number of carbonyl (C=O) groups excluding carboxylic acids is 1. The second-order valence-electron chi connectivity index (χ2n) is 6.42. The Morgan fingerprint density at radius 1 is 1.11 bits per heavy atom. The number of fused-ring (bicyclic) bond motifs is 1. The van der Waals surface area contributed by atoms with E-state index in [1.807, 2.05) is 43.3 Å². The lowest BCUT2D eigenvalue weighted by Gasteiger charge is -2.09. The van der Waals surface area contributed by atoms with Gasteiger partial charge in [-0.2, -0.15) is 0 Å². The highest BCUT2D eigenvalue weighted by Gasteiger charge is 2.11. The van der Waals surface area contributed by atoms with Crippen LogP contribution in [0.4, 0.5) is 0 Å². The fourth-order valence-electron chi connectivity index (χ4n) is 2.72. The molecule has 0 saturated heterocycles. The Labute approximate surface area is 169 Å². The van der Waals surface area contributed by atoms with Gasteiger partial charge in [0, 0.05) is 30.7 Å². The van der Waals surface area contributed by atoms with Crippen molar-refractivity contribution < 1.29 is 9.53 Å². The zero-order valence-electron chi connectivity index (χ0n) is 16.3. The highest BCUT2D eigenvalue weighted by Crippen LogP contribution is 2.28. The number of benzene rings is 2. The van der Waals surface area contributed by atoms with Crippen LogP contribution in [0.1, 0.15) is 18.9 Å². The Morgan fingerprint density at radius 2 is 1.89 bits per heavy atom. The molecule has 146 valence electrons. The van der Waals surface area contributed by atoms with Crippen LogP contribution >= 0.6 is 11.8 Å². The van der Waals surface area contributed by atoms with Gasteiger partial charge in [0.25, 0.3) is 0 Å². The van der Waals surface area contributed by atoms with Gasteiger partial charge in [-0.05, 0) is 26.3 Å². The van der Waals surface area contributed by atoms with E-state index in [1.165, 1.54) is 17.3 Å². The molecule has 0 atom stereocenters. The predicted octanol–water partition coefficient (Wildman–Crippen LogP) is 4.24. The molecule has 1 amide bonds. The van der Waals surface area contributed by atoms with Crippen LogP contribution in [0.2, 0.25) is 0 Å². The van der Waals surface area contributed by atoms with Gasteiger partial charge in [0.1, 0.15) is 5.03 Å².